The topological polar surface area (TPSA) is 113 Å². The Kier molecular flexibility index (Phi) is 3.03. The SMILES string of the molecule is O=C(O)C1CNCCN1c1nc2sccn2c1[N+](=O)[O-]. The molecule has 1 saturated heterocycles. The van der Waals surface area contributed by atoms with E-state index >= 15 is 0 Å². The van der Waals surface area contributed by atoms with E-state index in [0.717, 1.165) is 0 Å². The standard InChI is InChI=1S/C10H11N5O4S/c16-9(17)6-5-11-1-2-13(6)7-8(15(18)19)14-3-4-20-10(14)12-7/h3-4,6,11H,1-2,5H2,(H,16,17). The summed E-state index contributed by atoms with van der Waals surface area (Å²) in [7, 11) is 0. The Labute approximate surface area is 116 Å². The molecule has 3 heterocycles. The van der Waals surface area contributed by atoms with Crippen molar-refractivity contribution in [1.29, 1.82) is 0 Å². The molecular weight excluding hydrogens is 286 g/mol. The van der Waals surface area contributed by atoms with Crippen LogP contribution in [-0.4, -0.2) is 51.1 Å². The number of aliphatic carboxylic acids is 1. The first-order chi connectivity index (χ1) is 9.59. The molecule has 1 fully saturated rings. The lowest BCUT2D eigenvalue weighted by molar-refractivity contribution is -0.389. The molecule has 1 aliphatic heterocycles. The number of nitrogens with one attached hydrogen (secondary N) is 1. The maximum absolute atomic E-state index is 11.3. The molecule has 1 atom stereocenters. The number of hydrogen-bond donors (Lipinski definition) is 2. The Bertz CT molecular complexity index is 680. The summed E-state index contributed by atoms with van der Waals surface area (Å²) in [5.74, 6) is -1.09. The van der Waals surface area contributed by atoms with Crippen LogP contribution in [0.25, 0.3) is 4.96 Å². The molecule has 20 heavy (non-hydrogen) atoms. The van der Waals surface area contributed by atoms with Crippen LogP contribution in [0.2, 0.25) is 0 Å². The first-order valence-electron chi connectivity index (χ1n) is 5.89. The van der Waals surface area contributed by atoms with E-state index in [2.05, 4.69) is 10.3 Å². The van der Waals surface area contributed by atoms with Gasteiger partial charge in [-0.3, -0.25) is 0 Å². The van der Waals surface area contributed by atoms with E-state index in [4.69, 9.17) is 0 Å². The van der Waals surface area contributed by atoms with Gasteiger partial charge in [-0.2, -0.15) is 9.38 Å². The summed E-state index contributed by atoms with van der Waals surface area (Å²) in [5.41, 5.74) is 0. The van der Waals surface area contributed by atoms with Gasteiger partial charge in [-0.05, 0) is 4.92 Å². The Morgan fingerprint density at radius 3 is 3.15 bits per heavy atom. The van der Waals surface area contributed by atoms with Crippen LogP contribution in [0.1, 0.15) is 0 Å². The summed E-state index contributed by atoms with van der Waals surface area (Å²) < 4.78 is 1.38. The fraction of sp³-hybridized carbons (Fsp3) is 0.400. The molecule has 3 rings (SSSR count). The molecule has 2 aromatic rings. The highest BCUT2D eigenvalue weighted by molar-refractivity contribution is 7.15. The van der Waals surface area contributed by atoms with Crippen molar-refractivity contribution in [2.75, 3.05) is 24.5 Å². The summed E-state index contributed by atoms with van der Waals surface area (Å²) in [6, 6.07) is -0.855. The lowest BCUT2D eigenvalue weighted by Crippen LogP contribution is -2.55. The molecule has 0 aromatic carbocycles. The van der Waals surface area contributed by atoms with Gasteiger partial charge < -0.3 is 25.4 Å². The van der Waals surface area contributed by atoms with Crippen molar-refractivity contribution in [1.82, 2.24) is 14.7 Å². The van der Waals surface area contributed by atoms with E-state index in [0.29, 0.717) is 18.1 Å². The van der Waals surface area contributed by atoms with E-state index in [1.54, 1.807) is 11.6 Å². The second-order valence-electron chi connectivity index (χ2n) is 4.32. The van der Waals surface area contributed by atoms with Crippen LogP contribution in [0.15, 0.2) is 11.6 Å². The molecule has 1 unspecified atom stereocenters. The predicted octanol–water partition coefficient (Wildman–Crippen LogP) is 0.167. The highest BCUT2D eigenvalue weighted by Gasteiger charge is 2.36. The summed E-state index contributed by atoms with van der Waals surface area (Å²) in [5, 5.41) is 25.2. The van der Waals surface area contributed by atoms with Gasteiger partial charge in [0.25, 0.3) is 4.96 Å². The number of nitro groups is 1. The molecule has 0 saturated carbocycles. The zero-order valence-electron chi connectivity index (χ0n) is 10.2. The summed E-state index contributed by atoms with van der Waals surface area (Å²) >= 11 is 1.27. The summed E-state index contributed by atoms with van der Waals surface area (Å²) in [4.78, 5) is 28.2. The highest BCUT2D eigenvalue weighted by atomic mass is 32.1. The Morgan fingerprint density at radius 2 is 2.45 bits per heavy atom. The number of carbonyl (C=O) groups is 1. The number of imidazole rings is 1. The van der Waals surface area contributed by atoms with Crippen molar-refractivity contribution < 1.29 is 14.8 Å². The van der Waals surface area contributed by atoms with Gasteiger partial charge in [0.05, 0.1) is 0 Å². The normalized spacial score (nSPS) is 19.4. The second kappa shape index (κ2) is 4.72. The molecular formula is C10H11N5O4S. The Morgan fingerprint density at radius 1 is 1.65 bits per heavy atom. The number of carboxylic acid groups (broad SMARTS) is 1. The molecule has 1 aliphatic rings. The molecule has 0 radical (unpaired) electrons. The maximum Gasteiger partial charge on any atom is 0.373 e. The molecule has 2 N–H and O–H groups in total. The van der Waals surface area contributed by atoms with Crippen LogP contribution in [-0.2, 0) is 4.79 Å². The highest BCUT2D eigenvalue weighted by Crippen LogP contribution is 2.32. The largest absolute Gasteiger partial charge is 0.480 e. The smallest absolute Gasteiger partial charge is 0.373 e. The number of nitrogens with zero attached hydrogens (tertiary/aromatic N) is 4. The van der Waals surface area contributed by atoms with Crippen LogP contribution < -0.4 is 10.2 Å². The number of fused-ring (bicyclic) bond motifs is 1. The van der Waals surface area contributed by atoms with Gasteiger partial charge >= 0.3 is 11.8 Å². The van der Waals surface area contributed by atoms with E-state index in [-0.39, 0.29) is 18.2 Å². The lowest BCUT2D eigenvalue weighted by Gasteiger charge is -2.32. The third-order valence-electron chi connectivity index (χ3n) is 3.19. The van der Waals surface area contributed by atoms with E-state index < -0.39 is 16.9 Å². The first-order valence-corrected chi connectivity index (χ1v) is 6.77. The predicted molar refractivity (Wildman–Crippen MR) is 71.4 cm³/mol. The second-order valence-corrected chi connectivity index (χ2v) is 5.20. The number of piperazine rings is 1. The van der Waals surface area contributed by atoms with Crippen molar-refractivity contribution >= 4 is 33.9 Å². The van der Waals surface area contributed by atoms with Gasteiger partial charge in [0.2, 0.25) is 5.82 Å². The minimum absolute atomic E-state index is 0.121. The van der Waals surface area contributed by atoms with Gasteiger partial charge in [0, 0.05) is 25.0 Å². The van der Waals surface area contributed by atoms with Crippen LogP contribution in [0.4, 0.5) is 11.6 Å². The van der Waals surface area contributed by atoms with Crippen molar-refractivity contribution in [3.63, 3.8) is 0 Å². The molecule has 106 valence electrons. The van der Waals surface area contributed by atoms with Gasteiger partial charge in [-0.1, -0.05) is 11.3 Å². The summed E-state index contributed by atoms with van der Waals surface area (Å²) in [6.45, 7) is 1.16. The van der Waals surface area contributed by atoms with Crippen molar-refractivity contribution in [3.8, 4) is 0 Å². The number of rotatable bonds is 3. The molecule has 0 spiro atoms. The van der Waals surface area contributed by atoms with Gasteiger partial charge in [-0.25, -0.2) is 4.79 Å². The van der Waals surface area contributed by atoms with E-state index in [9.17, 15) is 20.0 Å². The van der Waals surface area contributed by atoms with Crippen LogP contribution in [0.3, 0.4) is 0 Å². The molecule has 9 nitrogen and oxygen atoms in total. The number of hydrogen-bond acceptors (Lipinski definition) is 7. The molecule has 0 aliphatic carbocycles. The minimum Gasteiger partial charge on any atom is -0.480 e. The van der Waals surface area contributed by atoms with Crippen LogP contribution >= 0.6 is 11.3 Å². The van der Waals surface area contributed by atoms with Crippen LogP contribution in [0.5, 0.6) is 0 Å². The average Bonchev–Trinajstić information content (AvgIpc) is 2.97. The van der Waals surface area contributed by atoms with Crippen molar-refractivity contribution in [2.24, 2.45) is 0 Å². The lowest BCUT2D eigenvalue weighted by atomic mass is 10.2. The minimum atomic E-state index is -1.03. The number of anilines is 1. The Balaban J connectivity index is 2.12. The molecule has 0 bridgehead atoms. The zero-order valence-corrected chi connectivity index (χ0v) is 11.0. The van der Waals surface area contributed by atoms with Crippen LogP contribution in [0, 0.1) is 10.1 Å². The number of thiazole rings is 1. The van der Waals surface area contributed by atoms with E-state index in [1.165, 1.54) is 20.6 Å². The van der Waals surface area contributed by atoms with E-state index in [1.807, 2.05) is 0 Å². The van der Waals surface area contributed by atoms with Gasteiger partial charge in [0.1, 0.15) is 12.2 Å². The summed E-state index contributed by atoms with van der Waals surface area (Å²) in [6.07, 6.45) is 1.56. The Hall–Kier alpha value is -2.20. The van der Waals surface area contributed by atoms with Crippen molar-refractivity contribution in [2.45, 2.75) is 6.04 Å². The third-order valence-corrected chi connectivity index (χ3v) is 3.95. The van der Waals surface area contributed by atoms with Crippen molar-refractivity contribution in [3.05, 3.63) is 21.7 Å². The fourth-order valence-corrected chi connectivity index (χ4v) is 3.01. The zero-order chi connectivity index (χ0) is 14.3. The maximum atomic E-state index is 11.3. The van der Waals surface area contributed by atoms with Gasteiger partial charge in [-0.15, -0.1) is 0 Å². The van der Waals surface area contributed by atoms with Gasteiger partial charge in [0.15, 0.2) is 0 Å². The molecule has 0 amide bonds. The first kappa shape index (κ1) is 12.8. The molecule has 2 aromatic heterocycles. The average molecular weight is 297 g/mol. The number of aromatic nitrogens is 2. The number of carboxylic acids is 1. The molecule has 10 heteroatoms. The monoisotopic (exact) mass is 297 g/mol. The quantitative estimate of drug-likeness (QED) is 0.613. The fourth-order valence-electron chi connectivity index (χ4n) is 2.30. The third kappa shape index (κ3) is 1.89.